The predicted octanol–water partition coefficient (Wildman–Crippen LogP) is 1.71. The van der Waals surface area contributed by atoms with Gasteiger partial charge in [0.1, 0.15) is 0 Å². The summed E-state index contributed by atoms with van der Waals surface area (Å²) < 4.78 is 55.9. The van der Waals surface area contributed by atoms with Crippen molar-refractivity contribution in [2.75, 3.05) is 17.8 Å². The van der Waals surface area contributed by atoms with Crippen LogP contribution in [-0.4, -0.2) is 54.4 Å². The van der Waals surface area contributed by atoms with Gasteiger partial charge in [0, 0.05) is 31.4 Å². The van der Waals surface area contributed by atoms with E-state index in [9.17, 15) is 16.8 Å². The van der Waals surface area contributed by atoms with Crippen LogP contribution in [0, 0.1) is 0 Å². The number of sulfonamides is 2. The molecule has 30 heavy (non-hydrogen) atoms. The van der Waals surface area contributed by atoms with Crippen LogP contribution in [0.3, 0.4) is 0 Å². The highest BCUT2D eigenvalue weighted by atomic mass is 32.2. The zero-order chi connectivity index (χ0) is 21.9. The zero-order valence-corrected chi connectivity index (χ0v) is 18.4. The Morgan fingerprint density at radius 2 is 1.60 bits per heavy atom. The summed E-state index contributed by atoms with van der Waals surface area (Å²) in [5.74, 6) is 0.488. The first-order valence-electron chi connectivity index (χ1n) is 9.15. The van der Waals surface area contributed by atoms with Gasteiger partial charge >= 0.3 is 0 Å². The Labute approximate surface area is 175 Å². The lowest BCUT2D eigenvalue weighted by Gasteiger charge is -2.18. The molecule has 1 heterocycles. The van der Waals surface area contributed by atoms with Crippen molar-refractivity contribution in [1.82, 2.24) is 24.5 Å². The smallest absolute Gasteiger partial charge is 0.261 e. The molecular formula is C18H22N6O4S2. The maximum absolute atomic E-state index is 12.8. The quantitative estimate of drug-likeness (QED) is 0.553. The van der Waals surface area contributed by atoms with Crippen LogP contribution in [0.15, 0.2) is 58.3 Å². The fraction of sp³-hybridized carbons (Fsp3) is 0.278. The first kappa shape index (κ1) is 21.9. The molecule has 3 aromatic rings. The van der Waals surface area contributed by atoms with E-state index in [1.165, 1.54) is 33.3 Å². The Morgan fingerprint density at radius 3 is 2.17 bits per heavy atom. The minimum Gasteiger partial charge on any atom is -0.280 e. The molecule has 0 radical (unpaired) electrons. The van der Waals surface area contributed by atoms with E-state index in [2.05, 4.69) is 20.2 Å². The van der Waals surface area contributed by atoms with Crippen LogP contribution in [0.2, 0.25) is 0 Å². The molecule has 3 rings (SSSR count). The normalized spacial score (nSPS) is 12.3. The Hall–Kier alpha value is -2.83. The van der Waals surface area contributed by atoms with Gasteiger partial charge in [0.15, 0.2) is 5.82 Å². The van der Waals surface area contributed by atoms with E-state index >= 15 is 0 Å². The predicted molar refractivity (Wildman–Crippen MR) is 112 cm³/mol. The minimum atomic E-state index is -3.92. The van der Waals surface area contributed by atoms with Gasteiger partial charge in [-0.2, -0.15) is 4.31 Å². The number of anilines is 1. The SMILES string of the molecule is CCN(CC)S(=O)(=O)c1ccc(S(=O)(=O)Nc2cccc(-c3nnnn3C)c2)cc1. The fourth-order valence-electron chi connectivity index (χ4n) is 2.91. The molecule has 1 aromatic heterocycles. The molecule has 2 aromatic carbocycles. The summed E-state index contributed by atoms with van der Waals surface area (Å²) in [6.45, 7) is 4.15. The number of benzene rings is 2. The van der Waals surface area contributed by atoms with Crippen LogP contribution >= 0.6 is 0 Å². The molecule has 1 N–H and O–H groups in total. The summed E-state index contributed by atoms with van der Waals surface area (Å²) in [5.41, 5.74) is 0.971. The van der Waals surface area contributed by atoms with Gasteiger partial charge in [-0.3, -0.25) is 4.72 Å². The molecule has 12 heteroatoms. The van der Waals surface area contributed by atoms with Crippen molar-refractivity contribution in [3.05, 3.63) is 48.5 Å². The third kappa shape index (κ3) is 4.35. The molecule has 0 saturated carbocycles. The topological polar surface area (TPSA) is 127 Å². The van der Waals surface area contributed by atoms with Crippen LogP contribution in [0.4, 0.5) is 5.69 Å². The van der Waals surface area contributed by atoms with Gasteiger partial charge in [-0.05, 0) is 46.8 Å². The van der Waals surface area contributed by atoms with Crippen molar-refractivity contribution in [2.45, 2.75) is 23.6 Å². The summed E-state index contributed by atoms with van der Waals surface area (Å²) in [5, 5.41) is 11.2. The molecule has 0 bridgehead atoms. The highest BCUT2D eigenvalue weighted by Gasteiger charge is 2.23. The summed E-state index contributed by atoms with van der Waals surface area (Å²) in [4.78, 5) is -0.00588. The van der Waals surface area contributed by atoms with Crippen molar-refractivity contribution in [2.24, 2.45) is 7.05 Å². The Morgan fingerprint density at radius 1 is 0.967 bits per heavy atom. The average Bonchev–Trinajstić information content (AvgIpc) is 3.14. The van der Waals surface area contributed by atoms with E-state index in [1.807, 2.05) is 0 Å². The summed E-state index contributed by atoms with van der Waals surface area (Å²) in [6.07, 6.45) is 0. The van der Waals surface area contributed by atoms with Gasteiger partial charge in [0.2, 0.25) is 10.0 Å². The molecule has 0 aliphatic heterocycles. The number of nitrogens with zero attached hydrogens (tertiary/aromatic N) is 5. The maximum atomic E-state index is 12.8. The van der Waals surface area contributed by atoms with Crippen molar-refractivity contribution >= 4 is 25.7 Å². The van der Waals surface area contributed by atoms with E-state index in [0.29, 0.717) is 30.2 Å². The number of rotatable bonds is 8. The average molecular weight is 451 g/mol. The highest BCUT2D eigenvalue weighted by molar-refractivity contribution is 7.92. The zero-order valence-electron chi connectivity index (χ0n) is 16.7. The maximum Gasteiger partial charge on any atom is 0.261 e. The molecule has 0 atom stereocenters. The molecule has 0 unspecified atom stereocenters. The lowest BCUT2D eigenvalue weighted by molar-refractivity contribution is 0.445. The molecule has 0 aliphatic carbocycles. The number of aromatic nitrogens is 4. The first-order valence-corrected chi connectivity index (χ1v) is 12.1. The number of aryl methyl sites for hydroxylation is 1. The molecular weight excluding hydrogens is 428 g/mol. The second kappa shape index (κ2) is 8.50. The number of hydrogen-bond donors (Lipinski definition) is 1. The van der Waals surface area contributed by atoms with E-state index in [-0.39, 0.29) is 9.79 Å². The summed E-state index contributed by atoms with van der Waals surface area (Å²) in [6, 6.07) is 11.8. The van der Waals surface area contributed by atoms with Gasteiger partial charge in [0.05, 0.1) is 9.79 Å². The molecule has 0 saturated heterocycles. The van der Waals surface area contributed by atoms with Gasteiger partial charge in [-0.15, -0.1) is 5.10 Å². The Balaban J connectivity index is 1.86. The second-order valence-electron chi connectivity index (χ2n) is 6.37. The fourth-order valence-corrected chi connectivity index (χ4v) is 5.42. The van der Waals surface area contributed by atoms with Gasteiger partial charge < -0.3 is 0 Å². The molecule has 0 spiro atoms. The van der Waals surface area contributed by atoms with Crippen molar-refractivity contribution in [3.63, 3.8) is 0 Å². The van der Waals surface area contributed by atoms with E-state index in [4.69, 9.17) is 0 Å². The van der Waals surface area contributed by atoms with Crippen LogP contribution < -0.4 is 4.72 Å². The third-order valence-corrected chi connectivity index (χ3v) is 7.93. The largest absolute Gasteiger partial charge is 0.280 e. The number of nitrogens with one attached hydrogen (secondary N) is 1. The lowest BCUT2D eigenvalue weighted by Crippen LogP contribution is -2.30. The molecule has 0 aliphatic rings. The monoisotopic (exact) mass is 450 g/mol. The molecule has 160 valence electrons. The van der Waals surface area contributed by atoms with Crippen molar-refractivity contribution in [3.8, 4) is 11.4 Å². The van der Waals surface area contributed by atoms with Crippen LogP contribution in [0.1, 0.15) is 13.8 Å². The van der Waals surface area contributed by atoms with Crippen LogP contribution in [-0.2, 0) is 27.1 Å². The molecule has 0 amide bonds. The standard InChI is InChI=1S/C18H22N6O4S2/c1-4-24(5-2)30(27,28)17-11-9-16(10-12-17)29(25,26)20-15-8-6-7-14(13-15)18-19-21-22-23(18)3/h6-13,20H,4-5H2,1-3H3. The minimum absolute atomic E-state index is 0.0435. The lowest BCUT2D eigenvalue weighted by atomic mass is 10.2. The Kier molecular flexibility index (Phi) is 6.19. The van der Waals surface area contributed by atoms with E-state index in [0.717, 1.165) is 0 Å². The summed E-state index contributed by atoms with van der Waals surface area (Å²) >= 11 is 0. The summed E-state index contributed by atoms with van der Waals surface area (Å²) in [7, 11) is -5.90. The van der Waals surface area contributed by atoms with Crippen LogP contribution in [0.25, 0.3) is 11.4 Å². The number of hydrogen-bond acceptors (Lipinski definition) is 7. The van der Waals surface area contributed by atoms with Gasteiger partial charge in [-0.1, -0.05) is 26.0 Å². The van der Waals surface area contributed by atoms with E-state index < -0.39 is 20.0 Å². The van der Waals surface area contributed by atoms with E-state index in [1.54, 1.807) is 45.2 Å². The van der Waals surface area contributed by atoms with Crippen molar-refractivity contribution in [1.29, 1.82) is 0 Å². The van der Waals surface area contributed by atoms with Crippen molar-refractivity contribution < 1.29 is 16.8 Å². The van der Waals surface area contributed by atoms with Gasteiger partial charge in [-0.25, -0.2) is 21.5 Å². The third-order valence-electron chi connectivity index (χ3n) is 4.47. The van der Waals surface area contributed by atoms with Crippen LogP contribution in [0.5, 0.6) is 0 Å². The second-order valence-corrected chi connectivity index (χ2v) is 9.99. The molecule has 10 nitrogen and oxygen atoms in total. The van der Waals surface area contributed by atoms with Gasteiger partial charge in [0.25, 0.3) is 10.0 Å². The Bertz CT molecular complexity index is 1230. The highest BCUT2D eigenvalue weighted by Crippen LogP contribution is 2.23. The first-order chi connectivity index (χ1) is 14.2. The number of tetrazole rings is 1. The molecule has 0 fully saturated rings.